The number of aliphatic imine (C=N–C) groups is 1. The molecule has 0 amide bonds. The summed E-state index contributed by atoms with van der Waals surface area (Å²) < 4.78 is 11.3. The Morgan fingerprint density at radius 1 is 1.24 bits per heavy atom. The van der Waals surface area contributed by atoms with Gasteiger partial charge in [0.05, 0.1) is 43.9 Å². The maximum absolute atomic E-state index is 13.1. The number of aromatic nitrogens is 4. The number of aromatic amines is 2. The molecule has 29 heavy (non-hydrogen) atoms. The number of nitrogens with zero attached hydrogens (tertiary/aromatic N) is 3. The van der Waals surface area contributed by atoms with Crippen LogP contribution in [0.2, 0.25) is 0 Å². The second kappa shape index (κ2) is 9.05. The smallest absolute Gasteiger partial charge is 0.311 e. The van der Waals surface area contributed by atoms with E-state index in [1.807, 2.05) is 0 Å². The lowest BCUT2D eigenvalue weighted by Crippen LogP contribution is -2.20. The average molecular weight is 397 g/mol. The van der Waals surface area contributed by atoms with Gasteiger partial charge in [0.2, 0.25) is 0 Å². The maximum atomic E-state index is 13.1. The van der Waals surface area contributed by atoms with Crippen molar-refractivity contribution in [2.45, 2.75) is 19.8 Å². The van der Waals surface area contributed by atoms with Gasteiger partial charge >= 0.3 is 5.97 Å². The molecule has 0 fully saturated rings. The number of ether oxygens (including phenoxy) is 2. The van der Waals surface area contributed by atoms with Crippen LogP contribution in [0.3, 0.4) is 0 Å². The van der Waals surface area contributed by atoms with Crippen molar-refractivity contribution in [1.29, 1.82) is 0 Å². The molecule has 0 radical (unpaired) electrons. The number of carbonyl (C=O) groups is 1. The lowest BCUT2D eigenvalue weighted by molar-refractivity contribution is -0.139. The van der Waals surface area contributed by atoms with E-state index in [1.165, 1.54) is 11.8 Å². The van der Waals surface area contributed by atoms with Gasteiger partial charge in [-0.05, 0) is 31.2 Å². The quantitative estimate of drug-likeness (QED) is 0.443. The number of esters is 1. The summed E-state index contributed by atoms with van der Waals surface area (Å²) in [6, 6.07) is 7.03. The predicted molar refractivity (Wildman–Crippen MR) is 108 cm³/mol. The fourth-order valence-corrected chi connectivity index (χ4v) is 2.96. The normalized spacial score (nSPS) is 11.5. The first kappa shape index (κ1) is 20.1. The zero-order valence-electron chi connectivity index (χ0n) is 16.6. The molecule has 0 aliphatic rings. The number of rotatable bonds is 8. The fourth-order valence-electron chi connectivity index (χ4n) is 2.96. The number of hydrogen-bond donors (Lipinski definition) is 2. The van der Waals surface area contributed by atoms with Crippen LogP contribution < -0.4 is 10.3 Å². The van der Waals surface area contributed by atoms with E-state index >= 15 is 0 Å². The fraction of sp³-hybridized carbons (Fsp3) is 0.300. The van der Waals surface area contributed by atoms with E-state index in [-0.39, 0.29) is 12.0 Å². The van der Waals surface area contributed by atoms with Crippen LogP contribution in [0.15, 0.2) is 46.6 Å². The van der Waals surface area contributed by atoms with Gasteiger partial charge in [0.1, 0.15) is 5.75 Å². The topological polar surface area (TPSA) is 114 Å². The summed E-state index contributed by atoms with van der Waals surface area (Å²) in [4.78, 5) is 36.5. The van der Waals surface area contributed by atoms with Gasteiger partial charge in [-0.2, -0.15) is 0 Å². The first-order chi connectivity index (χ1) is 14.0. The largest absolute Gasteiger partial charge is 0.497 e. The molecule has 0 bridgehead atoms. The van der Waals surface area contributed by atoms with Gasteiger partial charge < -0.3 is 14.5 Å². The molecule has 9 nitrogen and oxygen atoms in total. The minimum atomic E-state index is -0.445. The minimum Gasteiger partial charge on any atom is -0.497 e. The van der Waals surface area contributed by atoms with Crippen LogP contribution in [-0.4, -0.2) is 52.2 Å². The third-order valence-corrected chi connectivity index (χ3v) is 4.49. The minimum absolute atomic E-state index is 0.0579. The van der Waals surface area contributed by atoms with E-state index in [2.05, 4.69) is 20.1 Å². The van der Waals surface area contributed by atoms with Crippen molar-refractivity contribution in [3.63, 3.8) is 0 Å². The Morgan fingerprint density at radius 2 is 2.00 bits per heavy atom. The highest BCUT2D eigenvalue weighted by molar-refractivity contribution is 6.00. The SMILES string of the molecule is COC(=O)Cc1[nH]n(-c2ccc(OC)cc2)c(=O)c1C(C)=NCCc1cnc[nH]1. The van der Waals surface area contributed by atoms with Crippen LogP contribution in [-0.2, 0) is 22.4 Å². The molecule has 2 N–H and O–H groups in total. The molecule has 0 unspecified atom stereocenters. The van der Waals surface area contributed by atoms with E-state index in [0.29, 0.717) is 41.4 Å². The molecule has 3 aromatic rings. The number of nitrogens with one attached hydrogen (secondary N) is 2. The molecule has 2 aromatic heterocycles. The average Bonchev–Trinajstić information content (AvgIpc) is 3.36. The molecule has 0 aliphatic heterocycles. The summed E-state index contributed by atoms with van der Waals surface area (Å²) >= 11 is 0. The Balaban J connectivity index is 1.95. The Morgan fingerprint density at radius 3 is 2.62 bits per heavy atom. The van der Waals surface area contributed by atoms with Gasteiger partial charge in [-0.3, -0.25) is 19.7 Å². The summed E-state index contributed by atoms with van der Waals surface area (Å²) in [6.07, 6.45) is 3.96. The predicted octanol–water partition coefficient (Wildman–Crippen LogP) is 1.66. The molecular weight excluding hydrogens is 374 g/mol. The summed E-state index contributed by atoms with van der Waals surface area (Å²) in [7, 11) is 2.89. The van der Waals surface area contributed by atoms with Crippen LogP contribution in [0.5, 0.6) is 5.75 Å². The van der Waals surface area contributed by atoms with E-state index in [9.17, 15) is 9.59 Å². The lowest BCUT2D eigenvalue weighted by Gasteiger charge is -2.03. The molecule has 1 aromatic carbocycles. The monoisotopic (exact) mass is 397 g/mol. The molecule has 3 rings (SSSR count). The second-order valence-electron chi connectivity index (χ2n) is 6.35. The number of benzene rings is 1. The first-order valence-electron chi connectivity index (χ1n) is 9.07. The van der Waals surface area contributed by atoms with Crippen molar-refractivity contribution in [1.82, 2.24) is 19.7 Å². The van der Waals surface area contributed by atoms with E-state index in [1.54, 1.807) is 50.8 Å². The van der Waals surface area contributed by atoms with E-state index < -0.39 is 5.97 Å². The van der Waals surface area contributed by atoms with Gasteiger partial charge in [-0.1, -0.05) is 0 Å². The van der Waals surface area contributed by atoms with Gasteiger partial charge in [0.15, 0.2) is 0 Å². The van der Waals surface area contributed by atoms with Gasteiger partial charge in [0.25, 0.3) is 5.56 Å². The highest BCUT2D eigenvalue weighted by Gasteiger charge is 2.20. The van der Waals surface area contributed by atoms with Crippen molar-refractivity contribution in [3.8, 4) is 11.4 Å². The molecule has 0 aliphatic carbocycles. The summed E-state index contributed by atoms with van der Waals surface area (Å²) in [5.41, 5.74) is 2.68. The van der Waals surface area contributed by atoms with Crippen LogP contribution >= 0.6 is 0 Å². The zero-order chi connectivity index (χ0) is 20.8. The Bertz CT molecular complexity index is 1050. The second-order valence-corrected chi connectivity index (χ2v) is 6.35. The van der Waals surface area contributed by atoms with Crippen molar-refractivity contribution < 1.29 is 14.3 Å². The lowest BCUT2D eigenvalue weighted by atomic mass is 10.1. The zero-order valence-corrected chi connectivity index (χ0v) is 16.6. The molecule has 0 spiro atoms. The van der Waals surface area contributed by atoms with Crippen molar-refractivity contribution in [2.75, 3.05) is 20.8 Å². The van der Waals surface area contributed by atoms with Gasteiger partial charge in [0, 0.05) is 30.6 Å². The molecule has 152 valence electrons. The number of imidazole rings is 1. The standard InChI is InChI=1S/C20H23N5O4/c1-13(22-9-8-14-11-21-12-23-14)19-17(10-18(26)29-3)24-25(20(19)27)15-4-6-16(28-2)7-5-15/h4-7,11-12,24H,8-10H2,1-3H3,(H,21,23). The Labute approximate surface area is 167 Å². The highest BCUT2D eigenvalue weighted by Crippen LogP contribution is 2.15. The van der Waals surface area contributed by atoms with E-state index in [0.717, 1.165) is 5.69 Å². The number of carbonyl (C=O) groups excluding carboxylic acids is 1. The molecule has 0 atom stereocenters. The highest BCUT2D eigenvalue weighted by atomic mass is 16.5. The van der Waals surface area contributed by atoms with Crippen molar-refractivity contribution >= 4 is 11.7 Å². The molecule has 2 heterocycles. The molecule has 9 heteroatoms. The summed E-state index contributed by atoms with van der Waals surface area (Å²) in [5.74, 6) is 0.236. The third kappa shape index (κ3) is 4.63. The van der Waals surface area contributed by atoms with Crippen molar-refractivity contribution in [2.24, 2.45) is 4.99 Å². The summed E-state index contributed by atoms with van der Waals surface area (Å²) in [6.45, 7) is 2.25. The molecule has 0 saturated carbocycles. The Hall–Kier alpha value is -3.62. The first-order valence-corrected chi connectivity index (χ1v) is 9.07. The number of methoxy groups -OCH3 is 2. The van der Waals surface area contributed by atoms with E-state index in [4.69, 9.17) is 9.47 Å². The molecular formula is C20H23N5O4. The Kier molecular flexibility index (Phi) is 6.28. The number of H-pyrrole nitrogens is 2. The van der Waals surface area contributed by atoms with Crippen LogP contribution in [0, 0.1) is 0 Å². The van der Waals surface area contributed by atoms with Crippen LogP contribution in [0.1, 0.15) is 23.9 Å². The van der Waals surface area contributed by atoms with Crippen LogP contribution in [0.25, 0.3) is 5.69 Å². The summed E-state index contributed by atoms with van der Waals surface area (Å²) in [5, 5.41) is 3.02. The van der Waals surface area contributed by atoms with Gasteiger partial charge in [-0.25, -0.2) is 9.67 Å². The van der Waals surface area contributed by atoms with Gasteiger partial charge in [-0.15, -0.1) is 0 Å². The number of hydrogen-bond acceptors (Lipinski definition) is 6. The van der Waals surface area contributed by atoms with Crippen LogP contribution in [0.4, 0.5) is 0 Å². The maximum Gasteiger partial charge on any atom is 0.311 e. The third-order valence-electron chi connectivity index (χ3n) is 4.49. The van der Waals surface area contributed by atoms with Crippen molar-refractivity contribution in [3.05, 3.63) is 64.1 Å². The molecule has 0 saturated heterocycles.